The molecule has 0 spiro atoms. The molecule has 1 amide bonds. The highest BCUT2D eigenvalue weighted by atomic mass is 127. The first kappa shape index (κ1) is 17.5. The molecule has 0 saturated carbocycles. The van der Waals surface area contributed by atoms with Crippen LogP contribution in [0.25, 0.3) is 11.0 Å². The van der Waals surface area contributed by atoms with Crippen LogP contribution >= 0.6 is 0 Å². The first-order valence-electron chi connectivity index (χ1n) is 7.34. The van der Waals surface area contributed by atoms with E-state index in [0.717, 1.165) is 27.8 Å². The summed E-state index contributed by atoms with van der Waals surface area (Å²) in [5, 5.41) is 2.98. The van der Waals surface area contributed by atoms with Crippen LogP contribution < -0.4 is 33.9 Å². The quantitative estimate of drug-likeness (QED) is 0.459. The Morgan fingerprint density at radius 2 is 1.78 bits per heavy atom. The minimum Gasteiger partial charge on any atom is -1.00 e. The number of halogens is 1. The number of nitrogens with one attached hydrogen (secondary N) is 1. The van der Waals surface area contributed by atoms with Crippen molar-refractivity contribution in [2.45, 2.75) is 20.4 Å². The fourth-order valence-electron chi connectivity index (χ4n) is 2.87. The van der Waals surface area contributed by atoms with E-state index >= 15 is 0 Å². The number of nitrogens with zero attached hydrogens (tertiary/aromatic N) is 2. The van der Waals surface area contributed by atoms with Gasteiger partial charge in [-0.25, -0.2) is 9.13 Å². The number of rotatable bonds is 3. The predicted octanol–water partition coefficient (Wildman–Crippen LogP) is -0.275. The van der Waals surface area contributed by atoms with Crippen molar-refractivity contribution in [2.75, 3.05) is 5.32 Å². The number of amides is 1. The number of anilines is 1. The Morgan fingerprint density at radius 3 is 2.48 bits per heavy atom. The maximum Gasteiger partial charge on any atom is 0.266 e. The van der Waals surface area contributed by atoms with Gasteiger partial charge in [0.25, 0.3) is 5.91 Å². The van der Waals surface area contributed by atoms with Crippen molar-refractivity contribution in [1.29, 1.82) is 0 Å². The fraction of sp³-hybridized carbons (Fsp3) is 0.222. The molecule has 0 radical (unpaired) electrons. The van der Waals surface area contributed by atoms with Crippen molar-refractivity contribution >= 4 is 22.6 Å². The first-order valence-corrected chi connectivity index (χ1v) is 7.34. The van der Waals surface area contributed by atoms with E-state index in [1.54, 1.807) is 0 Å². The van der Waals surface area contributed by atoms with Crippen LogP contribution in [0.3, 0.4) is 0 Å². The predicted molar refractivity (Wildman–Crippen MR) is 87.7 cm³/mol. The van der Waals surface area contributed by atoms with Crippen molar-refractivity contribution in [2.24, 2.45) is 7.05 Å². The topological polar surface area (TPSA) is 37.9 Å². The molecule has 0 atom stereocenters. The summed E-state index contributed by atoms with van der Waals surface area (Å²) in [6.07, 6.45) is 1.95. The van der Waals surface area contributed by atoms with Crippen LogP contribution in [0.4, 0.5) is 5.69 Å². The molecule has 5 heteroatoms. The highest BCUT2D eigenvalue weighted by Gasteiger charge is 2.15. The van der Waals surface area contributed by atoms with Gasteiger partial charge in [0.1, 0.15) is 0 Å². The van der Waals surface area contributed by atoms with Gasteiger partial charge in [0.05, 0.1) is 7.05 Å². The molecule has 23 heavy (non-hydrogen) atoms. The van der Waals surface area contributed by atoms with Gasteiger partial charge in [-0.15, -0.1) is 0 Å². The molecule has 0 aliphatic carbocycles. The largest absolute Gasteiger partial charge is 1.00 e. The number of carbonyl (C=O) groups excluding carboxylic acids is 1. The zero-order chi connectivity index (χ0) is 15.7. The number of fused-ring (bicyclic) bond motifs is 1. The van der Waals surface area contributed by atoms with Gasteiger partial charge in [0.15, 0.2) is 17.6 Å². The van der Waals surface area contributed by atoms with Gasteiger partial charge in [-0.3, -0.25) is 4.79 Å². The van der Waals surface area contributed by atoms with E-state index in [9.17, 15) is 4.79 Å². The first-order chi connectivity index (χ1) is 10.5. The number of para-hydroxylation sites is 2. The van der Waals surface area contributed by atoms with Crippen LogP contribution in [-0.2, 0) is 18.4 Å². The molecule has 1 N–H and O–H groups in total. The molecule has 0 aliphatic rings. The summed E-state index contributed by atoms with van der Waals surface area (Å²) in [6, 6.07) is 14.1. The summed E-state index contributed by atoms with van der Waals surface area (Å²) < 4.78 is 3.99. The standard InChI is InChI=1S/C18H19N3O.HI/c1-13-8-14(2)10-15(9-13)19-18(22)11-21-12-20(3)16-6-4-5-7-17(16)21;/h4-10,12H,11H2,1-3H3;1H. The van der Waals surface area contributed by atoms with E-state index in [0.29, 0.717) is 6.54 Å². The van der Waals surface area contributed by atoms with Crippen molar-refractivity contribution in [3.8, 4) is 0 Å². The van der Waals surface area contributed by atoms with E-state index in [2.05, 4.69) is 11.4 Å². The second-order valence-electron chi connectivity index (χ2n) is 5.77. The molecular weight excluding hydrogens is 401 g/mol. The van der Waals surface area contributed by atoms with Gasteiger partial charge in [-0.05, 0) is 49.2 Å². The monoisotopic (exact) mass is 421 g/mol. The number of aryl methyl sites for hydroxylation is 3. The lowest BCUT2D eigenvalue weighted by Gasteiger charge is -2.06. The van der Waals surface area contributed by atoms with Gasteiger partial charge in [0, 0.05) is 5.69 Å². The smallest absolute Gasteiger partial charge is 0.266 e. The summed E-state index contributed by atoms with van der Waals surface area (Å²) >= 11 is 0. The van der Waals surface area contributed by atoms with Gasteiger partial charge >= 0.3 is 0 Å². The van der Waals surface area contributed by atoms with E-state index < -0.39 is 0 Å². The average molecular weight is 421 g/mol. The Balaban J connectivity index is 0.00000192. The van der Waals surface area contributed by atoms with Crippen LogP contribution in [0, 0.1) is 13.8 Å². The maximum absolute atomic E-state index is 12.3. The van der Waals surface area contributed by atoms with Crippen molar-refractivity contribution < 1.29 is 33.3 Å². The third-order valence-corrected chi connectivity index (χ3v) is 3.70. The fourth-order valence-corrected chi connectivity index (χ4v) is 2.87. The second-order valence-corrected chi connectivity index (χ2v) is 5.77. The van der Waals surface area contributed by atoms with Crippen LogP contribution in [0.2, 0.25) is 0 Å². The van der Waals surface area contributed by atoms with Gasteiger partial charge < -0.3 is 29.3 Å². The number of carbonyl (C=O) groups is 1. The van der Waals surface area contributed by atoms with Crippen molar-refractivity contribution in [1.82, 2.24) is 4.57 Å². The number of aromatic nitrogens is 2. The summed E-state index contributed by atoms with van der Waals surface area (Å²) in [4.78, 5) is 12.3. The van der Waals surface area contributed by atoms with E-state index in [-0.39, 0.29) is 29.9 Å². The molecule has 3 rings (SSSR count). The number of benzene rings is 2. The van der Waals surface area contributed by atoms with Crippen LogP contribution in [-0.4, -0.2) is 10.5 Å². The van der Waals surface area contributed by atoms with E-state index in [1.165, 1.54) is 0 Å². The third-order valence-electron chi connectivity index (χ3n) is 3.70. The van der Waals surface area contributed by atoms with Gasteiger partial charge in [0.2, 0.25) is 6.33 Å². The lowest BCUT2D eigenvalue weighted by Crippen LogP contribution is -3.00. The van der Waals surface area contributed by atoms with Crippen molar-refractivity contribution in [3.05, 3.63) is 59.9 Å². The Morgan fingerprint density at radius 1 is 1.13 bits per heavy atom. The molecule has 0 bridgehead atoms. The lowest BCUT2D eigenvalue weighted by atomic mass is 10.1. The van der Waals surface area contributed by atoms with Gasteiger partial charge in [-0.2, -0.15) is 0 Å². The molecule has 0 aliphatic heterocycles. The number of hydrogen-bond donors (Lipinski definition) is 1. The second kappa shape index (κ2) is 7.12. The van der Waals surface area contributed by atoms with Gasteiger partial charge in [-0.1, -0.05) is 18.2 Å². The Labute approximate surface area is 153 Å². The normalized spacial score (nSPS) is 10.4. The molecular formula is C18H20IN3O. The zero-order valence-electron chi connectivity index (χ0n) is 13.5. The number of imidazole rings is 1. The summed E-state index contributed by atoms with van der Waals surface area (Å²) in [5.41, 5.74) is 5.31. The van der Waals surface area contributed by atoms with Crippen LogP contribution in [0.15, 0.2) is 48.8 Å². The highest BCUT2D eigenvalue weighted by molar-refractivity contribution is 5.91. The Kier molecular flexibility index (Phi) is 5.41. The SMILES string of the molecule is Cc1cc(C)cc(NC(=O)Cn2c[n+](C)c3ccccc32)c1.[I-]. The Bertz CT molecular complexity index is 834. The lowest BCUT2D eigenvalue weighted by molar-refractivity contribution is -0.645. The van der Waals surface area contributed by atoms with Crippen LogP contribution in [0.1, 0.15) is 11.1 Å². The minimum absolute atomic E-state index is 0. The molecule has 3 aromatic rings. The maximum atomic E-state index is 12.3. The molecule has 0 fully saturated rings. The zero-order valence-corrected chi connectivity index (χ0v) is 15.7. The Hall–Kier alpha value is -1.89. The summed E-state index contributed by atoms with van der Waals surface area (Å²) in [6.45, 7) is 4.36. The van der Waals surface area contributed by atoms with E-state index in [1.807, 2.05) is 72.8 Å². The molecule has 2 aromatic carbocycles. The van der Waals surface area contributed by atoms with E-state index in [4.69, 9.17) is 0 Å². The summed E-state index contributed by atoms with van der Waals surface area (Å²) in [7, 11) is 1.99. The minimum atomic E-state index is -0.0219. The molecule has 0 saturated heterocycles. The molecule has 1 heterocycles. The highest BCUT2D eigenvalue weighted by Crippen LogP contribution is 2.14. The number of hydrogen-bond acceptors (Lipinski definition) is 1. The van der Waals surface area contributed by atoms with Crippen LogP contribution in [0.5, 0.6) is 0 Å². The molecule has 1 aromatic heterocycles. The molecule has 0 unspecified atom stereocenters. The summed E-state index contributed by atoms with van der Waals surface area (Å²) in [5.74, 6) is -0.0219. The van der Waals surface area contributed by atoms with Crippen molar-refractivity contribution in [3.63, 3.8) is 0 Å². The third kappa shape index (κ3) is 3.90. The molecule has 4 nitrogen and oxygen atoms in total. The average Bonchev–Trinajstić information content (AvgIpc) is 2.75. The molecule has 120 valence electrons.